The van der Waals surface area contributed by atoms with Crippen LogP contribution in [0.3, 0.4) is 0 Å². The van der Waals surface area contributed by atoms with Gasteiger partial charge in [-0.3, -0.25) is 4.79 Å². The number of nitrogens with zero attached hydrogens (tertiary/aromatic N) is 1. The Bertz CT molecular complexity index is 557. The molecule has 0 saturated heterocycles. The quantitative estimate of drug-likeness (QED) is 0.871. The van der Waals surface area contributed by atoms with Gasteiger partial charge < -0.3 is 11.1 Å². The van der Waals surface area contributed by atoms with Crippen LogP contribution in [0.2, 0.25) is 0 Å². The van der Waals surface area contributed by atoms with E-state index in [2.05, 4.69) is 27.3 Å². The third-order valence-electron chi connectivity index (χ3n) is 3.93. The fourth-order valence-electron chi connectivity index (χ4n) is 2.47. The monoisotopic (exact) mass is 335 g/mol. The Hall–Kier alpha value is -1.38. The molecule has 20 heavy (non-hydrogen) atoms. The zero-order valence-corrected chi connectivity index (χ0v) is 13.0. The first-order valence-corrected chi connectivity index (χ1v) is 7.50. The predicted molar refractivity (Wildman–Crippen MR) is 82.0 cm³/mol. The molecule has 0 bridgehead atoms. The molecule has 0 atom stereocenters. The topological polar surface area (TPSA) is 78.9 Å². The summed E-state index contributed by atoms with van der Waals surface area (Å²) in [6.07, 6.45) is 2.50. The Balaban J connectivity index is 2.00. The first-order valence-electron chi connectivity index (χ1n) is 6.71. The van der Waals surface area contributed by atoms with Crippen LogP contribution in [-0.2, 0) is 4.79 Å². The third kappa shape index (κ3) is 3.38. The van der Waals surface area contributed by atoms with Gasteiger partial charge in [0, 0.05) is 16.1 Å². The molecule has 1 amide bonds. The lowest BCUT2D eigenvalue weighted by atomic mass is 9.77. The van der Waals surface area contributed by atoms with Crippen molar-refractivity contribution in [3.05, 3.63) is 28.2 Å². The molecule has 0 aromatic heterocycles. The number of hydrogen-bond donors (Lipinski definition) is 2. The van der Waals surface area contributed by atoms with Crippen LogP contribution in [0, 0.1) is 24.2 Å². The molecule has 5 heteroatoms. The number of carbonyl (C=O) groups excluding carboxylic acids is 1. The lowest BCUT2D eigenvalue weighted by molar-refractivity contribution is -0.121. The molecule has 1 aromatic carbocycles. The molecule has 0 unspecified atom stereocenters. The van der Waals surface area contributed by atoms with Crippen LogP contribution in [0.1, 0.15) is 31.2 Å². The maximum atomic E-state index is 12.3. The van der Waals surface area contributed by atoms with Crippen LogP contribution >= 0.6 is 15.9 Å². The van der Waals surface area contributed by atoms with E-state index in [0.29, 0.717) is 25.7 Å². The first-order chi connectivity index (χ1) is 9.43. The lowest BCUT2D eigenvalue weighted by Crippen LogP contribution is -2.43. The third-order valence-corrected chi connectivity index (χ3v) is 4.42. The zero-order valence-electron chi connectivity index (χ0n) is 11.4. The molecule has 1 aromatic rings. The molecule has 2 rings (SSSR count). The molecule has 1 aliphatic carbocycles. The van der Waals surface area contributed by atoms with Crippen molar-refractivity contribution in [1.82, 2.24) is 0 Å². The summed E-state index contributed by atoms with van der Waals surface area (Å²) in [5.41, 5.74) is 7.03. The minimum atomic E-state index is -0.748. The highest BCUT2D eigenvalue weighted by molar-refractivity contribution is 9.10. The number of rotatable bonds is 2. The number of nitrogens with two attached hydrogens (primary N) is 1. The van der Waals surface area contributed by atoms with Crippen molar-refractivity contribution in [3.8, 4) is 6.07 Å². The Morgan fingerprint density at radius 3 is 2.75 bits per heavy atom. The second-order valence-corrected chi connectivity index (χ2v) is 6.41. The van der Waals surface area contributed by atoms with E-state index in [0.717, 1.165) is 15.7 Å². The molecule has 4 nitrogen and oxygen atoms in total. The Kier molecular flexibility index (Phi) is 4.46. The summed E-state index contributed by atoms with van der Waals surface area (Å²) in [6, 6.07) is 7.95. The minimum absolute atomic E-state index is 0.0196. The Morgan fingerprint density at radius 1 is 1.50 bits per heavy atom. The number of amides is 1. The molecule has 1 fully saturated rings. The van der Waals surface area contributed by atoms with Crippen LogP contribution in [-0.4, -0.2) is 11.4 Å². The number of nitriles is 1. The predicted octanol–water partition coefficient (Wildman–Crippen LogP) is 3.11. The molecule has 106 valence electrons. The van der Waals surface area contributed by atoms with E-state index in [9.17, 15) is 4.79 Å². The van der Waals surface area contributed by atoms with Crippen LogP contribution in [0.5, 0.6) is 0 Å². The van der Waals surface area contributed by atoms with Gasteiger partial charge in [0.25, 0.3) is 0 Å². The lowest BCUT2D eigenvalue weighted by Gasteiger charge is -2.31. The van der Waals surface area contributed by atoms with Crippen LogP contribution < -0.4 is 11.1 Å². The highest BCUT2D eigenvalue weighted by Gasteiger charge is 2.34. The Labute approximate surface area is 127 Å². The van der Waals surface area contributed by atoms with Crippen molar-refractivity contribution >= 4 is 27.5 Å². The van der Waals surface area contributed by atoms with Crippen molar-refractivity contribution in [2.24, 2.45) is 11.7 Å². The molecule has 0 spiro atoms. The van der Waals surface area contributed by atoms with Crippen molar-refractivity contribution in [1.29, 1.82) is 5.26 Å². The van der Waals surface area contributed by atoms with Crippen molar-refractivity contribution in [3.63, 3.8) is 0 Å². The van der Waals surface area contributed by atoms with Gasteiger partial charge in [-0.1, -0.05) is 22.0 Å². The second-order valence-electron chi connectivity index (χ2n) is 5.49. The Morgan fingerprint density at radius 2 is 2.15 bits per heavy atom. The van der Waals surface area contributed by atoms with Crippen molar-refractivity contribution < 1.29 is 4.79 Å². The van der Waals surface area contributed by atoms with Crippen LogP contribution in [0.25, 0.3) is 0 Å². The van der Waals surface area contributed by atoms with E-state index in [4.69, 9.17) is 11.0 Å². The first kappa shape index (κ1) is 15.0. The van der Waals surface area contributed by atoms with Gasteiger partial charge in [-0.15, -0.1) is 0 Å². The van der Waals surface area contributed by atoms with Gasteiger partial charge in [-0.25, -0.2) is 0 Å². The molecular weight excluding hydrogens is 318 g/mol. The summed E-state index contributed by atoms with van der Waals surface area (Å²) < 4.78 is 0.937. The molecule has 1 aliphatic rings. The van der Waals surface area contributed by atoms with Gasteiger partial charge in [0.2, 0.25) is 5.91 Å². The van der Waals surface area contributed by atoms with Crippen molar-refractivity contribution in [2.45, 2.75) is 38.1 Å². The average Bonchev–Trinajstić information content (AvgIpc) is 2.43. The zero-order chi connectivity index (χ0) is 14.8. The molecule has 0 radical (unpaired) electrons. The SMILES string of the molecule is Cc1ccc(Br)cc1NC(=O)C1CCC(N)(C#N)CC1. The number of hydrogen-bond acceptors (Lipinski definition) is 3. The van der Waals surface area contributed by atoms with Crippen LogP contribution in [0.4, 0.5) is 5.69 Å². The van der Waals surface area contributed by atoms with E-state index in [1.165, 1.54) is 0 Å². The van der Waals surface area contributed by atoms with Gasteiger partial charge >= 0.3 is 0 Å². The second kappa shape index (κ2) is 5.94. The summed E-state index contributed by atoms with van der Waals surface area (Å²) in [5, 5.41) is 12.0. The molecule has 3 N–H and O–H groups in total. The number of carbonyl (C=O) groups is 1. The largest absolute Gasteiger partial charge is 0.326 e. The van der Waals surface area contributed by atoms with E-state index in [1.807, 2.05) is 25.1 Å². The number of nitrogens with one attached hydrogen (secondary N) is 1. The van der Waals surface area contributed by atoms with Gasteiger partial charge in [-0.2, -0.15) is 5.26 Å². The molecule has 1 saturated carbocycles. The average molecular weight is 336 g/mol. The molecule has 0 aliphatic heterocycles. The summed E-state index contributed by atoms with van der Waals surface area (Å²) in [6.45, 7) is 1.96. The normalized spacial score (nSPS) is 25.8. The van der Waals surface area contributed by atoms with E-state index >= 15 is 0 Å². The van der Waals surface area contributed by atoms with Crippen molar-refractivity contribution in [2.75, 3.05) is 5.32 Å². The highest BCUT2D eigenvalue weighted by Crippen LogP contribution is 2.31. The summed E-state index contributed by atoms with van der Waals surface area (Å²) in [7, 11) is 0. The number of benzene rings is 1. The van der Waals surface area contributed by atoms with Gasteiger partial charge in [0.1, 0.15) is 5.54 Å². The molecule has 0 heterocycles. The fraction of sp³-hybridized carbons (Fsp3) is 0.467. The van der Waals surface area contributed by atoms with Gasteiger partial charge in [-0.05, 0) is 50.3 Å². The molecular formula is C15H18BrN3O. The van der Waals surface area contributed by atoms with Gasteiger partial charge in [0.15, 0.2) is 0 Å². The number of aryl methyl sites for hydroxylation is 1. The van der Waals surface area contributed by atoms with E-state index in [1.54, 1.807) is 0 Å². The number of anilines is 1. The maximum absolute atomic E-state index is 12.3. The highest BCUT2D eigenvalue weighted by atomic mass is 79.9. The number of halogens is 1. The fourth-order valence-corrected chi connectivity index (χ4v) is 2.83. The van der Waals surface area contributed by atoms with E-state index < -0.39 is 5.54 Å². The van der Waals surface area contributed by atoms with E-state index in [-0.39, 0.29) is 11.8 Å². The smallest absolute Gasteiger partial charge is 0.227 e. The summed E-state index contributed by atoms with van der Waals surface area (Å²) >= 11 is 3.40. The standard InChI is InChI=1S/C15H18BrN3O/c1-10-2-3-12(16)8-13(10)19-14(20)11-4-6-15(18,9-17)7-5-11/h2-3,8,11H,4-7,18H2,1H3,(H,19,20). The summed E-state index contributed by atoms with van der Waals surface area (Å²) in [5.74, 6) is -0.0374. The minimum Gasteiger partial charge on any atom is -0.326 e. The summed E-state index contributed by atoms with van der Waals surface area (Å²) in [4.78, 5) is 12.3. The van der Waals surface area contributed by atoms with Crippen LogP contribution in [0.15, 0.2) is 22.7 Å². The van der Waals surface area contributed by atoms with Gasteiger partial charge in [0.05, 0.1) is 6.07 Å². The maximum Gasteiger partial charge on any atom is 0.227 e.